The fourth-order valence-corrected chi connectivity index (χ4v) is 3.03. The van der Waals surface area contributed by atoms with Crippen molar-refractivity contribution >= 4 is 39.8 Å². The lowest BCUT2D eigenvalue weighted by atomic mass is 10.2. The molecule has 0 fully saturated rings. The molecule has 26 heavy (non-hydrogen) atoms. The number of guanidine groups is 1. The van der Waals surface area contributed by atoms with Crippen LogP contribution >= 0.6 is 24.0 Å². The lowest BCUT2D eigenvalue weighted by Gasteiger charge is -2.19. The number of para-hydroxylation sites is 1. The Balaban J connectivity index is 0.00000625. The lowest BCUT2D eigenvalue weighted by Crippen LogP contribution is -2.41. The number of benzene rings is 1. The number of ether oxygens (including phenoxy) is 1. The van der Waals surface area contributed by atoms with Gasteiger partial charge >= 0.3 is 0 Å². The van der Waals surface area contributed by atoms with Gasteiger partial charge in [0.25, 0.3) is 0 Å². The van der Waals surface area contributed by atoms with Crippen molar-refractivity contribution in [3.63, 3.8) is 0 Å². The molecule has 0 radical (unpaired) electrons. The molecule has 0 amide bonds. The van der Waals surface area contributed by atoms with Crippen molar-refractivity contribution in [1.29, 1.82) is 0 Å². The first kappa shape index (κ1) is 25.0. The Morgan fingerprint density at radius 3 is 2.38 bits per heavy atom. The Morgan fingerprint density at radius 1 is 1.15 bits per heavy atom. The van der Waals surface area contributed by atoms with Crippen molar-refractivity contribution in [1.82, 2.24) is 10.6 Å². The van der Waals surface area contributed by atoms with Crippen molar-refractivity contribution in [3.8, 4) is 5.75 Å². The number of aliphatic imine (C=N–C) groups is 1. The van der Waals surface area contributed by atoms with Crippen LogP contribution in [-0.4, -0.2) is 44.6 Å². The van der Waals surface area contributed by atoms with Gasteiger partial charge in [-0.05, 0) is 40.7 Å². The van der Waals surface area contributed by atoms with Crippen molar-refractivity contribution in [3.05, 3.63) is 29.8 Å². The summed E-state index contributed by atoms with van der Waals surface area (Å²) in [5.74, 6) is 1.48. The van der Waals surface area contributed by atoms with Gasteiger partial charge in [-0.2, -0.15) is 0 Å². The monoisotopic (exact) mass is 497 g/mol. The summed E-state index contributed by atoms with van der Waals surface area (Å²) < 4.78 is 29.2. The molecule has 1 rings (SSSR count). The third kappa shape index (κ3) is 8.11. The number of nitrogens with one attached hydrogen (secondary N) is 2. The van der Waals surface area contributed by atoms with Gasteiger partial charge in [0.2, 0.25) is 0 Å². The summed E-state index contributed by atoms with van der Waals surface area (Å²) in [6.07, 6.45) is 0. The highest BCUT2D eigenvalue weighted by molar-refractivity contribution is 14.0. The van der Waals surface area contributed by atoms with Crippen LogP contribution in [0, 0.1) is 0 Å². The van der Waals surface area contributed by atoms with Crippen LogP contribution in [0.1, 0.15) is 40.2 Å². The summed E-state index contributed by atoms with van der Waals surface area (Å²) in [6.45, 7) is 11.1. The SMILES string of the molecule is CCNC(=NCc1ccccc1OCC)NCCS(=O)(=O)C(C)(C)C.I. The quantitative estimate of drug-likeness (QED) is 0.328. The molecule has 1 aromatic carbocycles. The Labute approximate surface area is 175 Å². The summed E-state index contributed by atoms with van der Waals surface area (Å²) in [4.78, 5) is 4.53. The molecule has 0 bridgehead atoms. The molecule has 0 saturated heterocycles. The van der Waals surface area contributed by atoms with E-state index in [1.54, 1.807) is 20.8 Å². The molecule has 2 N–H and O–H groups in total. The molecule has 8 heteroatoms. The zero-order valence-electron chi connectivity index (χ0n) is 16.3. The topological polar surface area (TPSA) is 79.8 Å². The smallest absolute Gasteiger partial charge is 0.191 e. The zero-order valence-corrected chi connectivity index (χ0v) is 19.5. The minimum Gasteiger partial charge on any atom is -0.494 e. The van der Waals surface area contributed by atoms with Crippen LogP contribution in [0.3, 0.4) is 0 Å². The highest BCUT2D eigenvalue weighted by Crippen LogP contribution is 2.18. The summed E-state index contributed by atoms with van der Waals surface area (Å²) in [5.41, 5.74) is 0.990. The second-order valence-electron chi connectivity index (χ2n) is 6.59. The van der Waals surface area contributed by atoms with E-state index < -0.39 is 14.6 Å². The molecule has 0 unspecified atom stereocenters. The maximum atomic E-state index is 12.2. The fourth-order valence-electron chi connectivity index (χ4n) is 2.05. The molecule has 6 nitrogen and oxygen atoms in total. The third-order valence-corrected chi connectivity index (χ3v) is 6.23. The molecule has 150 valence electrons. The van der Waals surface area contributed by atoms with Crippen LogP contribution in [0.5, 0.6) is 5.75 Å². The van der Waals surface area contributed by atoms with E-state index in [1.807, 2.05) is 38.1 Å². The Bertz CT molecular complexity index is 671. The van der Waals surface area contributed by atoms with Gasteiger partial charge in [-0.25, -0.2) is 13.4 Å². The first-order valence-corrected chi connectivity index (χ1v) is 10.3. The maximum Gasteiger partial charge on any atom is 0.191 e. The third-order valence-electron chi connectivity index (χ3n) is 3.62. The van der Waals surface area contributed by atoms with Crippen molar-refractivity contribution in [2.75, 3.05) is 25.4 Å². The molecular formula is C18H32IN3O3S. The summed E-state index contributed by atoms with van der Waals surface area (Å²) >= 11 is 0. The largest absolute Gasteiger partial charge is 0.494 e. The molecule has 1 aromatic rings. The second kappa shape index (κ2) is 11.6. The maximum absolute atomic E-state index is 12.2. The van der Waals surface area contributed by atoms with Gasteiger partial charge < -0.3 is 15.4 Å². The summed E-state index contributed by atoms with van der Waals surface area (Å²) in [7, 11) is -3.15. The van der Waals surface area contributed by atoms with Crippen molar-refractivity contribution in [2.24, 2.45) is 4.99 Å². The van der Waals surface area contributed by atoms with Gasteiger partial charge in [0.15, 0.2) is 15.8 Å². The van der Waals surface area contributed by atoms with Crippen LogP contribution < -0.4 is 15.4 Å². The van der Waals surface area contributed by atoms with Gasteiger partial charge in [-0.15, -0.1) is 24.0 Å². The van der Waals surface area contributed by atoms with E-state index in [4.69, 9.17) is 4.74 Å². The summed E-state index contributed by atoms with van der Waals surface area (Å²) in [5, 5.41) is 6.22. The molecule has 0 heterocycles. The van der Waals surface area contributed by atoms with E-state index in [-0.39, 0.29) is 29.7 Å². The van der Waals surface area contributed by atoms with Crippen LogP contribution in [0.2, 0.25) is 0 Å². The zero-order chi connectivity index (χ0) is 18.9. The van der Waals surface area contributed by atoms with Gasteiger partial charge in [0.05, 0.1) is 23.7 Å². The number of hydrogen-bond acceptors (Lipinski definition) is 4. The average molecular weight is 497 g/mol. The van der Waals surface area contributed by atoms with Crippen LogP contribution in [0.4, 0.5) is 0 Å². The van der Waals surface area contributed by atoms with Crippen molar-refractivity contribution < 1.29 is 13.2 Å². The number of rotatable bonds is 8. The highest BCUT2D eigenvalue weighted by Gasteiger charge is 2.28. The first-order valence-electron chi connectivity index (χ1n) is 8.66. The van der Waals surface area contributed by atoms with Gasteiger partial charge in [0, 0.05) is 18.7 Å². The molecule has 0 saturated carbocycles. The number of hydrogen-bond donors (Lipinski definition) is 2. The van der Waals surface area contributed by atoms with E-state index in [0.29, 0.717) is 32.2 Å². The van der Waals surface area contributed by atoms with E-state index in [9.17, 15) is 8.42 Å². The predicted molar refractivity (Wildman–Crippen MR) is 119 cm³/mol. The summed E-state index contributed by atoms with van der Waals surface area (Å²) in [6, 6.07) is 7.77. The highest BCUT2D eigenvalue weighted by atomic mass is 127. The van der Waals surface area contributed by atoms with Crippen LogP contribution in [0.25, 0.3) is 0 Å². The number of halogens is 1. The van der Waals surface area contributed by atoms with Crippen LogP contribution in [-0.2, 0) is 16.4 Å². The Hall–Kier alpha value is -1.03. The van der Waals surface area contributed by atoms with Gasteiger partial charge in [-0.3, -0.25) is 0 Å². The predicted octanol–water partition coefficient (Wildman–Crippen LogP) is 2.97. The number of nitrogens with zero attached hydrogens (tertiary/aromatic N) is 1. The van der Waals surface area contributed by atoms with Gasteiger partial charge in [0.1, 0.15) is 5.75 Å². The molecule has 0 aromatic heterocycles. The molecule has 0 atom stereocenters. The van der Waals surface area contributed by atoms with E-state index in [0.717, 1.165) is 11.3 Å². The average Bonchev–Trinajstić information content (AvgIpc) is 2.53. The lowest BCUT2D eigenvalue weighted by molar-refractivity contribution is 0.336. The number of sulfone groups is 1. The van der Waals surface area contributed by atoms with E-state index >= 15 is 0 Å². The molecule has 0 aliphatic heterocycles. The normalized spacial score (nSPS) is 12.3. The van der Waals surface area contributed by atoms with Crippen molar-refractivity contribution in [2.45, 2.75) is 45.9 Å². The minimum absolute atomic E-state index is 0. The minimum atomic E-state index is -3.15. The first-order chi connectivity index (χ1) is 11.7. The van der Waals surface area contributed by atoms with Crippen LogP contribution in [0.15, 0.2) is 29.3 Å². The molecule has 0 aliphatic rings. The van der Waals surface area contributed by atoms with E-state index in [1.165, 1.54) is 0 Å². The second-order valence-corrected chi connectivity index (χ2v) is 9.46. The standard InChI is InChI=1S/C18H31N3O3S.HI/c1-6-19-17(20-12-13-25(22,23)18(3,4)5)21-14-15-10-8-9-11-16(15)24-7-2;/h8-11H,6-7,12-14H2,1-5H3,(H2,19,20,21);1H. The molecule has 0 aliphatic carbocycles. The Kier molecular flexibility index (Phi) is 11.2. The fraction of sp³-hybridized carbons (Fsp3) is 0.611. The Morgan fingerprint density at radius 2 is 1.81 bits per heavy atom. The van der Waals surface area contributed by atoms with E-state index in [2.05, 4.69) is 15.6 Å². The van der Waals surface area contributed by atoms with Gasteiger partial charge in [-0.1, -0.05) is 18.2 Å². The molecular weight excluding hydrogens is 465 g/mol. The molecule has 0 spiro atoms.